The van der Waals surface area contributed by atoms with Gasteiger partial charge in [-0.15, -0.1) is 0 Å². The molecule has 2 aliphatic rings. The van der Waals surface area contributed by atoms with Crippen LogP contribution in [0.1, 0.15) is 30.0 Å². The van der Waals surface area contributed by atoms with Crippen LogP contribution in [0.15, 0.2) is 36.4 Å². The van der Waals surface area contributed by atoms with Crippen molar-refractivity contribution in [1.29, 1.82) is 0 Å². The number of esters is 1. The minimum Gasteiger partial charge on any atom is -0.454 e. The van der Waals surface area contributed by atoms with Crippen LogP contribution in [0.4, 0.5) is 5.69 Å². The fraction of sp³-hybridized carbons (Fsp3) is 0.333. The maximum absolute atomic E-state index is 12.3. The molecule has 0 unspecified atom stereocenters. The summed E-state index contributed by atoms with van der Waals surface area (Å²) < 4.78 is 15.8. The Morgan fingerprint density at radius 1 is 1.07 bits per heavy atom. The largest absolute Gasteiger partial charge is 0.454 e. The predicted molar refractivity (Wildman–Crippen MR) is 98.9 cm³/mol. The van der Waals surface area contributed by atoms with Gasteiger partial charge in [0.2, 0.25) is 6.79 Å². The minimum atomic E-state index is -0.891. The third-order valence-electron chi connectivity index (χ3n) is 4.83. The predicted octanol–water partition coefficient (Wildman–Crippen LogP) is 3.02. The number of fused-ring (bicyclic) bond motifs is 2. The van der Waals surface area contributed by atoms with E-state index in [1.807, 2.05) is 6.07 Å². The second kappa shape index (κ2) is 7.31. The van der Waals surface area contributed by atoms with E-state index in [2.05, 4.69) is 17.4 Å². The quantitative estimate of drug-likeness (QED) is 0.823. The van der Waals surface area contributed by atoms with E-state index in [9.17, 15) is 9.59 Å². The van der Waals surface area contributed by atoms with Gasteiger partial charge < -0.3 is 19.5 Å². The lowest BCUT2D eigenvalue weighted by molar-refractivity contribution is -0.152. The third kappa shape index (κ3) is 3.89. The molecule has 6 nitrogen and oxygen atoms in total. The van der Waals surface area contributed by atoms with Crippen molar-refractivity contribution in [3.05, 3.63) is 53.1 Å². The van der Waals surface area contributed by atoms with Crippen LogP contribution in [0, 0.1) is 0 Å². The molecular weight excluding hydrogens is 346 g/mol. The van der Waals surface area contributed by atoms with E-state index in [0.29, 0.717) is 17.2 Å². The second-order valence-corrected chi connectivity index (χ2v) is 6.82. The van der Waals surface area contributed by atoms with Gasteiger partial charge in [0.1, 0.15) is 0 Å². The molecule has 1 aliphatic carbocycles. The van der Waals surface area contributed by atoms with Gasteiger partial charge in [-0.05, 0) is 55.0 Å². The van der Waals surface area contributed by atoms with Gasteiger partial charge in [0.25, 0.3) is 5.91 Å². The first-order chi connectivity index (χ1) is 13.1. The minimum absolute atomic E-state index is 0.162. The van der Waals surface area contributed by atoms with Gasteiger partial charge in [0.05, 0.1) is 6.42 Å². The van der Waals surface area contributed by atoms with Crippen molar-refractivity contribution in [3.8, 4) is 11.5 Å². The Balaban J connectivity index is 1.32. The summed E-state index contributed by atoms with van der Waals surface area (Å²) in [5.74, 6) is 0.410. The molecule has 1 amide bonds. The number of carbonyl (C=O) groups is 2. The number of rotatable bonds is 5. The molecule has 1 atom stereocenters. The summed E-state index contributed by atoms with van der Waals surface area (Å²) in [6.45, 7) is 1.73. The Kier molecular flexibility index (Phi) is 4.71. The zero-order valence-electron chi connectivity index (χ0n) is 15.1. The molecule has 0 saturated carbocycles. The molecule has 1 aliphatic heterocycles. The number of amides is 1. The number of hydrogen-bond donors (Lipinski definition) is 1. The van der Waals surface area contributed by atoms with E-state index in [1.165, 1.54) is 17.5 Å². The molecule has 6 heteroatoms. The van der Waals surface area contributed by atoms with E-state index in [4.69, 9.17) is 14.2 Å². The summed E-state index contributed by atoms with van der Waals surface area (Å²) in [6.07, 6.45) is 2.61. The molecule has 27 heavy (non-hydrogen) atoms. The van der Waals surface area contributed by atoms with Crippen molar-refractivity contribution in [2.24, 2.45) is 0 Å². The fourth-order valence-corrected chi connectivity index (χ4v) is 3.41. The number of hydrogen-bond acceptors (Lipinski definition) is 5. The van der Waals surface area contributed by atoms with Crippen LogP contribution in [0.25, 0.3) is 0 Å². The molecule has 0 saturated heterocycles. The van der Waals surface area contributed by atoms with Crippen LogP contribution in [-0.4, -0.2) is 24.8 Å². The van der Waals surface area contributed by atoms with Crippen molar-refractivity contribution in [3.63, 3.8) is 0 Å². The second-order valence-electron chi connectivity index (χ2n) is 6.82. The molecule has 0 radical (unpaired) electrons. The van der Waals surface area contributed by atoms with Crippen LogP contribution in [0.2, 0.25) is 0 Å². The highest BCUT2D eigenvalue weighted by molar-refractivity contribution is 5.95. The average Bonchev–Trinajstić information content (AvgIpc) is 3.29. The van der Waals surface area contributed by atoms with Crippen LogP contribution >= 0.6 is 0 Å². The number of ether oxygens (including phenoxy) is 3. The van der Waals surface area contributed by atoms with Crippen LogP contribution in [0.5, 0.6) is 11.5 Å². The highest BCUT2D eigenvalue weighted by Gasteiger charge is 2.20. The molecular formula is C21H21NO5. The summed E-state index contributed by atoms with van der Waals surface area (Å²) in [5, 5.41) is 2.72. The summed E-state index contributed by atoms with van der Waals surface area (Å²) >= 11 is 0. The lowest BCUT2D eigenvalue weighted by Crippen LogP contribution is -2.30. The topological polar surface area (TPSA) is 73.9 Å². The highest BCUT2D eigenvalue weighted by atomic mass is 16.7. The molecule has 0 bridgehead atoms. The molecule has 1 N–H and O–H groups in total. The van der Waals surface area contributed by atoms with E-state index < -0.39 is 18.0 Å². The van der Waals surface area contributed by atoms with Crippen molar-refractivity contribution < 1.29 is 23.8 Å². The molecule has 2 aromatic rings. The zero-order chi connectivity index (χ0) is 18.8. The van der Waals surface area contributed by atoms with Crippen LogP contribution in [-0.2, 0) is 33.6 Å². The number of nitrogens with one attached hydrogen (secondary N) is 1. The monoisotopic (exact) mass is 367 g/mol. The third-order valence-corrected chi connectivity index (χ3v) is 4.83. The standard InChI is InChI=1S/C21H21NO5/c1-13(21(24)22-17-7-8-18-19(11-17)26-12-25-18)27-20(23)10-14-5-6-15-3-2-4-16(15)9-14/h5-9,11,13H,2-4,10,12H2,1H3,(H,22,24)/t13-/m0/s1. The van der Waals surface area contributed by atoms with Crippen molar-refractivity contribution in [2.45, 2.75) is 38.7 Å². The summed E-state index contributed by atoms with van der Waals surface area (Å²) in [4.78, 5) is 24.5. The summed E-state index contributed by atoms with van der Waals surface area (Å²) in [6, 6.07) is 11.2. The smallest absolute Gasteiger partial charge is 0.311 e. The number of anilines is 1. The molecule has 1 heterocycles. The number of aryl methyl sites for hydroxylation is 2. The number of benzene rings is 2. The lowest BCUT2D eigenvalue weighted by Gasteiger charge is -2.14. The summed E-state index contributed by atoms with van der Waals surface area (Å²) in [5.41, 5.74) is 4.16. The van der Waals surface area contributed by atoms with E-state index in [-0.39, 0.29) is 13.2 Å². The van der Waals surface area contributed by atoms with Crippen LogP contribution < -0.4 is 14.8 Å². The molecule has 2 aromatic carbocycles. The maximum Gasteiger partial charge on any atom is 0.311 e. The Morgan fingerprint density at radius 3 is 2.78 bits per heavy atom. The Labute approximate surface area is 157 Å². The SMILES string of the molecule is C[C@H](OC(=O)Cc1ccc2c(c1)CCC2)C(=O)Nc1ccc2c(c1)OCO2. The van der Waals surface area contributed by atoms with Crippen molar-refractivity contribution >= 4 is 17.6 Å². The molecule has 4 rings (SSSR count). The maximum atomic E-state index is 12.3. The van der Waals surface area contributed by atoms with E-state index >= 15 is 0 Å². The molecule has 0 spiro atoms. The number of carbonyl (C=O) groups excluding carboxylic acids is 2. The van der Waals surface area contributed by atoms with Crippen molar-refractivity contribution in [2.75, 3.05) is 12.1 Å². The van der Waals surface area contributed by atoms with Gasteiger partial charge >= 0.3 is 5.97 Å². The zero-order valence-corrected chi connectivity index (χ0v) is 15.1. The average molecular weight is 367 g/mol. The molecule has 0 aromatic heterocycles. The van der Waals surface area contributed by atoms with Gasteiger partial charge in [0.15, 0.2) is 17.6 Å². The van der Waals surface area contributed by atoms with E-state index in [1.54, 1.807) is 25.1 Å². The Morgan fingerprint density at radius 2 is 1.89 bits per heavy atom. The van der Waals surface area contributed by atoms with Gasteiger partial charge in [0, 0.05) is 11.8 Å². The first kappa shape index (κ1) is 17.4. The highest BCUT2D eigenvalue weighted by Crippen LogP contribution is 2.34. The Hall–Kier alpha value is -3.02. The first-order valence-corrected chi connectivity index (χ1v) is 9.09. The summed E-state index contributed by atoms with van der Waals surface area (Å²) in [7, 11) is 0. The first-order valence-electron chi connectivity index (χ1n) is 9.09. The van der Waals surface area contributed by atoms with E-state index in [0.717, 1.165) is 18.4 Å². The van der Waals surface area contributed by atoms with Gasteiger partial charge in [-0.3, -0.25) is 9.59 Å². The Bertz CT molecular complexity index is 892. The molecule has 140 valence electrons. The van der Waals surface area contributed by atoms with Crippen molar-refractivity contribution in [1.82, 2.24) is 0 Å². The van der Waals surface area contributed by atoms with Gasteiger partial charge in [-0.2, -0.15) is 0 Å². The van der Waals surface area contributed by atoms with Gasteiger partial charge in [-0.25, -0.2) is 0 Å². The fourth-order valence-electron chi connectivity index (χ4n) is 3.41. The normalized spacial score (nSPS) is 15.1. The molecule has 0 fully saturated rings. The van der Waals surface area contributed by atoms with Crippen LogP contribution in [0.3, 0.4) is 0 Å². The van der Waals surface area contributed by atoms with Gasteiger partial charge in [-0.1, -0.05) is 18.2 Å². The lowest BCUT2D eigenvalue weighted by atomic mass is 10.0.